The molecule has 2 heteroatoms. The molecule has 98 valence electrons. The summed E-state index contributed by atoms with van der Waals surface area (Å²) in [6.07, 6.45) is 1.38. The lowest BCUT2D eigenvalue weighted by Gasteiger charge is -2.10. The maximum Gasteiger partial charge on any atom is 0.153 e. The Bertz CT molecular complexity index is 531. The Kier molecular flexibility index (Phi) is 4.48. The first-order valence-electron chi connectivity index (χ1n) is 6.61. The number of rotatable bonds is 5. The summed E-state index contributed by atoms with van der Waals surface area (Å²) in [6.45, 7) is 1.84. The van der Waals surface area contributed by atoms with E-state index in [2.05, 4.69) is 12.1 Å². The number of carbonyl (C=O) groups excluding carboxylic acids is 1. The Morgan fingerprint density at radius 1 is 1.00 bits per heavy atom. The van der Waals surface area contributed by atoms with Gasteiger partial charge in [0, 0.05) is 6.42 Å². The molecule has 2 N–H and O–H groups in total. The molecule has 0 bridgehead atoms. The van der Waals surface area contributed by atoms with Crippen molar-refractivity contribution in [1.82, 2.24) is 0 Å². The van der Waals surface area contributed by atoms with E-state index in [4.69, 9.17) is 5.73 Å². The fraction of sp³-hybridized carbons (Fsp3) is 0.235. The summed E-state index contributed by atoms with van der Waals surface area (Å²) in [7, 11) is 0. The number of benzene rings is 2. The SMILES string of the molecule is CCC(=O)C(N)c1ccc(Cc2ccccc2)cc1. The van der Waals surface area contributed by atoms with Crippen LogP contribution in [0, 0.1) is 0 Å². The van der Waals surface area contributed by atoms with E-state index in [-0.39, 0.29) is 5.78 Å². The summed E-state index contributed by atoms with van der Waals surface area (Å²) in [4.78, 5) is 11.6. The highest BCUT2D eigenvalue weighted by Crippen LogP contribution is 2.16. The minimum Gasteiger partial charge on any atom is -0.318 e. The zero-order chi connectivity index (χ0) is 13.7. The van der Waals surface area contributed by atoms with Crippen molar-refractivity contribution in [3.8, 4) is 0 Å². The van der Waals surface area contributed by atoms with Gasteiger partial charge in [-0.05, 0) is 23.1 Å². The minimum absolute atomic E-state index is 0.0795. The summed E-state index contributed by atoms with van der Waals surface area (Å²) >= 11 is 0. The zero-order valence-corrected chi connectivity index (χ0v) is 11.2. The molecule has 2 aromatic carbocycles. The van der Waals surface area contributed by atoms with Crippen LogP contribution < -0.4 is 5.73 Å². The van der Waals surface area contributed by atoms with E-state index in [0.717, 1.165) is 12.0 Å². The third-order valence-electron chi connectivity index (χ3n) is 3.29. The van der Waals surface area contributed by atoms with Crippen molar-refractivity contribution in [2.24, 2.45) is 5.73 Å². The second-order valence-electron chi connectivity index (χ2n) is 4.70. The van der Waals surface area contributed by atoms with E-state index in [1.807, 2.05) is 49.4 Å². The predicted octanol–water partition coefficient (Wildman–Crippen LogP) is 3.26. The molecule has 0 amide bonds. The molecule has 0 saturated carbocycles. The van der Waals surface area contributed by atoms with Crippen LogP contribution in [0.1, 0.15) is 36.1 Å². The van der Waals surface area contributed by atoms with Crippen LogP contribution in [-0.4, -0.2) is 5.78 Å². The molecule has 2 aromatic rings. The molecule has 1 atom stereocenters. The van der Waals surface area contributed by atoms with Gasteiger partial charge < -0.3 is 5.73 Å². The highest BCUT2D eigenvalue weighted by molar-refractivity contribution is 5.84. The monoisotopic (exact) mass is 253 g/mol. The smallest absolute Gasteiger partial charge is 0.153 e. The van der Waals surface area contributed by atoms with E-state index < -0.39 is 6.04 Å². The second-order valence-corrected chi connectivity index (χ2v) is 4.70. The third-order valence-corrected chi connectivity index (χ3v) is 3.29. The molecule has 0 aliphatic rings. The first-order valence-corrected chi connectivity index (χ1v) is 6.61. The summed E-state index contributed by atoms with van der Waals surface area (Å²) in [5.41, 5.74) is 9.30. The van der Waals surface area contributed by atoms with E-state index in [0.29, 0.717) is 6.42 Å². The van der Waals surface area contributed by atoms with E-state index >= 15 is 0 Å². The lowest BCUT2D eigenvalue weighted by molar-refractivity contribution is -0.120. The van der Waals surface area contributed by atoms with Crippen LogP contribution in [-0.2, 0) is 11.2 Å². The average Bonchev–Trinajstić information content (AvgIpc) is 2.47. The van der Waals surface area contributed by atoms with Gasteiger partial charge in [0.25, 0.3) is 0 Å². The van der Waals surface area contributed by atoms with Crippen LogP contribution in [0.25, 0.3) is 0 Å². The number of ketones is 1. The Morgan fingerprint density at radius 2 is 1.58 bits per heavy atom. The van der Waals surface area contributed by atoms with Gasteiger partial charge in [-0.1, -0.05) is 61.5 Å². The van der Waals surface area contributed by atoms with Crippen molar-refractivity contribution in [2.45, 2.75) is 25.8 Å². The molecule has 0 aliphatic heterocycles. The van der Waals surface area contributed by atoms with E-state index in [1.54, 1.807) is 0 Å². The van der Waals surface area contributed by atoms with Crippen molar-refractivity contribution in [3.05, 3.63) is 71.3 Å². The lowest BCUT2D eigenvalue weighted by atomic mass is 9.98. The number of carbonyl (C=O) groups is 1. The predicted molar refractivity (Wildman–Crippen MR) is 77.9 cm³/mol. The van der Waals surface area contributed by atoms with Crippen molar-refractivity contribution in [3.63, 3.8) is 0 Å². The first kappa shape index (κ1) is 13.5. The van der Waals surface area contributed by atoms with Crippen LogP contribution in [0.2, 0.25) is 0 Å². The van der Waals surface area contributed by atoms with E-state index in [9.17, 15) is 4.79 Å². The highest BCUT2D eigenvalue weighted by Gasteiger charge is 2.13. The molecule has 0 fully saturated rings. The van der Waals surface area contributed by atoms with Gasteiger partial charge in [0.15, 0.2) is 5.78 Å². The van der Waals surface area contributed by atoms with Crippen LogP contribution in [0.3, 0.4) is 0 Å². The van der Waals surface area contributed by atoms with Crippen molar-refractivity contribution in [2.75, 3.05) is 0 Å². The van der Waals surface area contributed by atoms with Crippen molar-refractivity contribution in [1.29, 1.82) is 0 Å². The van der Waals surface area contributed by atoms with Crippen molar-refractivity contribution < 1.29 is 4.79 Å². The third kappa shape index (κ3) is 3.52. The van der Waals surface area contributed by atoms with Gasteiger partial charge in [-0.3, -0.25) is 4.79 Å². The van der Waals surface area contributed by atoms with Crippen LogP contribution >= 0.6 is 0 Å². The largest absolute Gasteiger partial charge is 0.318 e. The first-order chi connectivity index (χ1) is 9.20. The van der Waals surface area contributed by atoms with E-state index in [1.165, 1.54) is 11.1 Å². The zero-order valence-electron chi connectivity index (χ0n) is 11.2. The van der Waals surface area contributed by atoms with Gasteiger partial charge in [-0.2, -0.15) is 0 Å². The fourth-order valence-corrected chi connectivity index (χ4v) is 2.08. The summed E-state index contributed by atoms with van der Waals surface area (Å²) in [5, 5.41) is 0. The maximum absolute atomic E-state index is 11.6. The molecule has 0 spiro atoms. The van der Waals surface area contributed by atoms with Crippen LogP contribution in [0.15, 0.2) is 54.6 Å². The van der Waals surface area contributed by atoms with Gasteiger partial charge in [0.1, 0.15) is 0 Å². The maximum atomic E-state index is 11.6. The molecule has 0 aromatic heterocycles. The molecular weight excluding hydrogens is 234 g/mol. The second kappa shape index (κ2) is 6.30. The minimum atomic E-state index is -0.490. The summed E-state index contributed by atoms with van der Waals surface area (Å²) in [5.74, 6) is 0.0795. The Balaban J connectivity index is 2.08. The normalized spacial score (nSPS) is 12.1. The highest BCUT2D eigenvalue weighted by atomic mass is 16.1. The quantitative estimate of drug-likeness (QED) is 0.888. The number of nitrogens with two attached hydrogens (primary N) is 1. The van der Waals surface area contributed by atoms with Gasteiger partial charge in [0.2, 0.25) is 0 Å². The Labute approximate surface area is 114 Å². The molecule has 19 heavy (non-hydrogen) atoms. The topological polar surface area (TPSA) is 43.1 Å². The number of Topliss-reactive ketones (excluding diaryl/α,β-unsaturated/α-hetero) is 1. The molecule has 2 rings (SSSR count). The van der Waals surface area contributed by atoms with Gasteiger partial charge >= 0.3 is 0 Å². The molecule has 0 heterocycles. The standard InChI is InChI=1S/C17H19NO/c1-2-16(19)17(18)15-10-8-14(9-11-15)12-13-6-4-3-5-7-13/h3-11,17H,2,12,18H2,1H3. The van der Waals surface area contributed by atoms with Gasteiger partial charge in [-0.25, -0.2) is 0 Å². The molecular formula is C17H19NO. The number of hydrogen-bond donors (Lipinski definition) is 1. The molecule has 2 nitrogen and oxygen atoms in total. The molecule has 0 radical (unpaired) electrons. The molecule has 1 unspecified atom stereocenters. The van der Waals surface area contributed by atoms with Crippen LogP contribution in [0.5, 0.6) is 0 Å². The van der Waals surface area contributed by atoms with Gasteiger partial charge in [-0.15, -0.1) is 0 Å². The Hall–Kier alpha value is -1.93. The average molecular weight is 253 g/mol. The summed E-state index contributed by atoms with van der Waals surface area (Å²) in [6, 6.07) is 17.8. The molecule has 0 aliphatic carbocycles. The summed E-state index contributed by atoms with van der Waals surface area (Å²) < 4.78 is 0. The fourth-order valence-electron chi connectivity index (χ4n) is 2.08. The van der Waals surface area contributed by atoms with Gasteiger partial charge in [0.05, 0.1) is 6.04 Å². The lowest BCUT2D eigenvalue weighted by Crippen LogP contribution is -2.20. The molecule has 0 saturated heterocycles. The number of hydrogen-bond acceptors (Lipinski definition) is 2. The van der Waals surface area contributed by atoms with Crippen molar-refractivity contribution >= 4 is 5.78 Å². The van der Waals surface area contributed by atoms with Crippen LogP contribution in [0.4, 0.5) is 0 Å². The Morgan fingerprint density at radius 3 is 2.16 bits per heavy atom.